The number of aromatic nitrogens is 1. The molecular formula is C23H17Cl2N3O5S. The van der Waals surface area contributed by atoms with Gasteiger partial charge in [0.05, 0.1) is 32.5 Å². The third-order valence-electron chi connectivity index (χ3n) is 5.09. The van der Waals surface area contributed by atoms with Gasteiger partial charge in [-0.1, -0.05) is 23.2 Å². The molecule has 0 unspecified atom stereocenters. The van der Waals surface area contributed by atoms with Crippen molar-refractivity contribution in [2.75, 3.05) is 26.2 Å². The number of hydrogen-bond donors (Lipinski definition) is 1. The zero-order valence-corrected chi connectivity index (χ0v) is 20.5. The topological polar surface area (TPSA) is 90.0 Å². The Bertz CT molecular complexity index is 1380. The van der Waals surface area contributed by atoms with E-state index in [9.17, 15) is 9.59 Å². The molecule has 0 bridgehead atoms. The Morgan fingerprint density at radius 1 is 1.00 bits per heavy atom. The largest absolute Gasteiger partial charge is 0.493 e. The maximum absolute atomic E-state index is 13.3. The number of anilines is 1. The van der Waals surface area contributed by atoms with Gasteiger partial charge in [0.2, 0.25) is 5.75 Å². The second kappa shape index (κ2) is 9.46. The molecule has 1 saturated heterocycles. The van der Waals surface area contributed by atoms with Gasteiger partial charge < -0.3 is 14.2 Å². The molecule has 0 saturated carbocycles. The molecular weight excluding hydrogens is 501 g/mol. The number of nitrogens with one attached hydrogen (secondary N) is 1. The van der Waals surface area contributed by atoms with Crippen LogP contribution in [-0.2, 0) is 9.59 Å². The van der Waals surface area contributed by atoms with E-state index in [4.69, 9.17) is 49.6 Å². The third kappa shape index (κ3) is 4.13. The Morgan fingerprint density at radius 2 is 1.68 bits per heavy atom. The number of benzene rings is 2. The molecule has 3 aromatic rings. The lowest BCUT2D eigenvalue weighted by Gasteiger charge is -2.29. The molecule has 0 spiro atoms. The van der Waals surface area contributed by atoms with E-state index in [0.29, 0.717) is 44.4 Å². The van der Waals surface area contributed by atoms with Crippen molar-refractivity contribution in [3.63, 3.8) is 0 Å². The van der Waals surface area contributed by atoms with E-state index in [0.717, 1.165) is 0 Å². The maximum Gasteiger partial charge on any atom is 0.270 e. The second-order valence-electron chi connectivity index (χ2n) is 7.01. The standard InChI is InChI=1S/C23H17Cl2N3O5S/c1-31-17-10-16-14(18(32-2)19(17)33-3)8-11(20(25)26-16)9-15-21(29)27-23(34)28(22(15)30)13-6-4-12(24)5-7-13/h4-10H,1-3H3,(H,27,29,34)/b15-9+. The van der Waals surface area contributed by atoms with Crippen LogP contribution in [0.15, 0.2) is 42.0 Å². The van der Waals surface area contributed by atoms with Crippen molar-refractivity contribution in [2.45, 2.75) is 0 Å². The molecule has 0 radical (unpaired) electrons. The van der Waals surface area contributed by atoms with Crippen molar-refractivity contribution in [3.05, 3.63) is 57.7 Å². The molecule has 1 N–H and O–H groups in total. The summed E-state index contributed by atoms with van der Waals surface area (Å²) in [6.45, 7) is 0. The van der Waals surface area contributed by atoms with E-state index in [1.165, 1.54) is 32.3 Å². The van der Waals surface area contributed by atoms with Crippen molar-refractivity contribution >= 4 is 75.0 Å². The van der Waals surface area contributed by atoms with Gasteiger partial charge in [-0.25, -0.2) is 4.98 Å². The molecule has 2 aromatic carbocycles. The molecule has 2 heterocycles. The number of carbonyl (C=O) groups excluding carboxylic acids is 2. The first-order valence-corrected chi connectivity index (χ1v) is 10.9. The Balaban J connectivity index is 1.85. The highest BCUT2D eigenvalue weighted by Crippen LogP contribution is 2.43. The summed E-state index contributed by atoms with van der Waals surface area (Å²) in [5.41, 5.74) is 1.07. The number of carbonyl (C=O) groups is 2. The molecule has 4 rings (SSSR count). The van der Waals surface area contributed by atoms with Crippen molar-refractivity contribution in [1.29, 1.82) is 0 Å². The maximum atomic E-state index is 13.3. The highest BCUT2D eigenvalue weighted by Gasteiger charge is 2.34. The van der Waals surface area contributed by atoms with Crippen LogP contribution in [0, 0.1) is 0 Å². The zero-order valence-electron chi connectivity index (χ0n) is 18.1. The molecule has 0 aliphatic carbocycles. The summed E-state index contributed by atoms with van der Waals surface area (Å²) in [7, 11) is 4.46. The lowest BCUT2D eigenvalue weighted by molar-refractivity contribution is -0.122. The molecule has 174 valence electrons. The van der Waals surface area contributed by atoms with Crippen LogP contribution in [0.4, 0.5) is 5.69 Å². The normalized spacial score (nSPS) is 15.0. The monoisotopic (exact) mass is 517 g/mol. The van der Waals surface area contributed by atoms with Crippen LogP contribution in [0.2, 0.25) is 10.2 Å². The Morgan fingerprint density at radius 3 is 2.29 bits per heavy atom. The minimum atomic E-state index is -0.657. The lowest BCUT2D eigenvalue weighted by atomic mass is 10.1. The molecule has 1 fully saturated rings. The first-order valence-electron chi connectivity index (χ1n) is 9.75. The Hall–Kier alpha value is -3.40. The zero-order chi connectivity index (χ0) is 24.6. The molecule has 0 atom stereocenters. The van der Waals surface area contributed by atoms with Gasteiger partial charge in [0.1, 0.15) is 10.7 Å². The summed E-state index contributed by atoms with van der Waals surface area (Å²) < 4.78 is 16.3. The number of amides is 2. The van der Waals surface area contributed by atoms with E-state index in [2.05, 4.69) is 10.3 Å². The van der Waals surface area contributed by atoms with E-state index in [1.54, 1.807) is 36.4 Å². The number of pyridine rings is 1. The number of halogens is 2. The van der Waals surface area contributed by atoms with Crippen LogP contribution >= 0.6 is 35.4 Å². The van der Waals surface area contributed by atoms with Gasteiger partial charge in [-0.15, -0.1) is 0 Å². The average Bonchev–Trinajstić information content (AvgIpc) is 2.81. The van der Waals surface area contributed by atoms with E-state index in [1.807, 2.05) is 0 Å². The van der Waals surface area contributed by atoms with Crippen molar-refractivity contribution in [3.8, 4) is 17.2 Å². The molecule has 1 aromatic heterocycles. The van der Waals surface area contributed by atoms with Gasteiger partial charge in [-0.05, 0) is 48.6 Å². The van der Waals surface area contributed by atoms with Gasteiger partial charge >= 0.3 is 0 Å². The predicted molar refractivity (Wildman–Crippen MR) is 134 cm³/mol. The number of methoxy groups -OCH3 is 3. The number of ether oxygens (including phenoxy) is 3. The summed E-state index contributed by atoms with van der Waals surface area (Å²) in [5, 5.41) is 3.59. The number of fused-ring (bicyclic) bond motifs is 1. The van der Waals surface area contributed by atoms with Gasteiger partial charge in [0.25, 0.3) is 11.8 Å². The smallest absolute Gasteiger partial charge is 0.270 e. The van der Waals surface area contributed by atoms with Crippen LogP contribution in [0.3, 0.4) is 0 Å². The first kappa shape index (κ1) is 23.7. The molecule has 8 nitrogen and oxygen atoms in total. The van der Waals surface area contributed by atoms with Crippen molar-refractivity contribution in [2.24, 2.45) is 0 Å². The summed E-state index contributed by atoms with van der Waals surface area (Å²) in [5.74, 6) is -0.132. The number of rotatable bonds is 5. The van der Waals surface area contributed by atoms with Crippen molar-refractivity contribution in [1.82, 2.24) is 10.3 Å². The summed E-state index contributed by atoms with van der Waals surface area (Å²) >= 11 is 17.6. The molecule has 2 amide bonds. The third-order valence-corrected chi connectivity index (χ3v) is 5.93. The molecule has 1 aliphatic rings. The fourth-order valence-electron chi connectivity index (χ4n) is 3.52. The molecule has 11 heteroatoms. The summed E-state index contributed by atoms with van der Waals surface area (Å²) in [6, 6.07) is 9.78. The highest BCUT2D eigenvalue weighted by molar-refractivity contribution is 7.80. The Labute approximate surface area is 210 Å². The highest BCUT2D eigenvalue weighted by atomic mass is 35.5. The Kier molecular flexibility index (Phi) is 6.60. The number of thiocarbonyl (C=S) groups is 1. The van der Waals surface area contributed by atoms with Crippen LogP contribution < -0.4 is 24.4 Å². The lowest BCUT2D eigenvalue weighted by Crippen LogP contribution is -2.54. The van der Waals surface area contributed by atoms with E-state index >= 15 is 0 Å². The van der Waals surface area contributed by atoms with Gasteiger partial charge in [-0.2, -0.15) is 0 Å². The number of nitrogens with zero attached hydrogens (tertiary/aromatic N) is 2. The fraction of sp³-hybridized carbons (Fsp3) is 0.130. The van der Waals surface area contributed by atoms with Gasteiger partial charge in [0, 0.05) is 22.0 Å². The van der Waals surface area contributed by atoms with E-state index in [-0.39, 0.29) is 15.8 Å². The van der Waals surface area contributed by atoms with Crippen LogP contribution in [0.1, 0.15) is 5.56 Å². The first-order chi connectivity index (χ1) is 16.3. The predicted octanol–water partition coefficient (Wildman–Crippen LogP) is 4.40. The molecule has 1 aliphatic heterocycles. The minimum Gasteiger partial charge on any atom is -0.493 e. The quantitative estimate of drug-likeness (QED) is 0.232. The average molecular weight is 518 g/mol. The summed E-state index contributed by atoms with van der Waals surface area (Å²) in [4.78, 5) is 31.5. The van der Waals surface area contributed by atoms with Crippen molar-refractivity contribution < 1.29 is 23.8 Å². The number of hydrogen-bond acceptors (Lipinski definition) is 7. The van der Waals surface area contributed by atoms with Gasteiger partial charge in [-0.3, -0.25) is 19.8 Å². The minimum absolute atomic E-state index is 0.0456. The van der Waals surface area contributed by atoms with Crippen LogP contribution in [-0.4, -0.2) is 43.2 Å². The second-order valence-corrected chi connectivity index (χ2v) is 8.20. The van der Waals surface area contributed by atoms with Crippen LogP contribution in [0.25, 0.3) is 17.0 Å². The molecule has 34 heavy (non-hydrogen) atoms. The fourth-order valence-corrected chi connectivity index (χ4v) is 4.13. The SMILES string of the molecule is COc1cc2nc(Cl)c(/C=C3\C(=O)NC(=S)N(c4ccc(Cl)cc4)C3=O)cc2c(OC)c1OC. The van der Waals surface area contributed by atoms with Crippen LogP contribution in [0.5, 0.6) is 17.2 Å². The van der Waals surface area contributed by atoms with E-state index < -0.39 is 11.8 Å². The van der Waals surface area contributed by atoms with Gasteiger partial charge in [0.15, 0.2) is 16.6 Å². The summed E-state index contributed by atoms with van der Waals surface area (Å²) in [6.07, 6.45) is 1.35.